The summed E-state index contributed by atoms with van der Waals surface area (Å²) in [6, 6.07) is 0. The number of rotatable bonds is 3. The molecule has 0 fully saturated rings. The van der Waals surface area contributed by atoms with Crippen molar-refractivity contribution in [2.75, 3.05) is 0 Å². The third-order valence-electron chi connectivity index (χ3n) is 3.08. The molecule has 16 heavy (non-hydrogen) atoms. The largest absolute Gasteiger partial charge is 0.290 e. The lowest BCUT2D eigenvalue weighted by atomic mass is 9.85. The van der Waals surface area contributed by atoms with Gasteiger partial charge in [-0.1, -0.05) is 22.8 Å². The summed E-state index contributed by atoms with van der Waals surface area (Å²) in [5.41, 5.74) is 3.78. The van der Waals surface area contributed by atoms with Gasteiger partial charge < -0.3 is 0 Å². The topological polar surface area (TPSA) is 17.1 Å². The Balaban J connectivity index is 2.64. The maximum Gasteiger partial charge on any atom is 0.178 e. The van der Waals surface area contributed by atoms with Crippen molar-refractivity contribution in [3.8, 4) is 0 Å². The molecule has 0 aromatic rings. The maximum atomic E-state index is 11.6. The van der Waals surface area contributed by atoms with Gasteiger partial charge in [0.05, 0.1) is 0 Å². The summed E-state index contributed by atoms with van der Waals surface area (Å²) in [4.78, 5) is 11.6. The van der Waals surface area contributed by atoms with E-state index >= 15 is 0 Å². The first-order valence-corrected chi connectivity index (χ1v) is 6.01. The lowest BCUT2D eigenvalue weighted by molar-refractivity contribution is -0.110. The molecule has 0 saturated carbocycles. The average molecular weight is 218 g/mol. The number of hydrogen-bond donors (Lipinski definition) is 0. The van der Waals surface area contributed by atoms with Crippen LogP contribution in [0.2, 0.25) is 0 Å². The summed E-state index contributed by atoms with van der Waals surface area (Å²) >= 11 is 0. The van der Waals surface area contributed by atoms with Crippen LogP contribution in [0.5, 0.6) is 0 Å². The van der Waals surface area contributed by atoms with Gasteiger partial charge in [-0.3, -0.25) is 4.79 Å². The zero-order chi connectivity index (χ0) is 12.1. The first-order chi connectivity index (χ1) is 7.49. The summed E-state index contributed by atoms with van der Waals surface area (Å²) in [5, 5.41) is 0. The Morgan fingerprint density at radius 1 is 1.31 bits per heavy atom. The van der Waals surface area contributed by atoms with Gasteiger partial charge in [0.1, 0.15) is 0 Å². The number of ketones is 1. The van der Waals surface area contributed by atoms with E-state index in [0.717, 1.165) is 12.0 Å². The third-order valence-corrected chi connectivity index (χ3v) is 3.08. The van der Waals surface area contributed by atoms with E-state index in [9.17, 15) is 4.79 Å². The van der Waals surface area contributed by atoms with Crippen LogP contribution in [-0.2, 0) is 4.79 Å². The van der Waals surface area contributed by atoms with Gasteiger partial charge in [-0.25, -0.2) is 0 Å². The Labute approximate surface area is 98.9 Å². The molecule has 88 valence electrons. The van der Waals surface area contributed by atoms with Crippen LogP contribution in [-0.4, -0.2) is 5.78 Å². The number of carbonyl (C=O) groups is 1. The van der Waals surface area contributed by atoms with Gasteiger partial charge in [0, 0.05) is 0 Å². The van der Waals surface area contributed by atoms with E-state index in [0.29, 0.717) is 5.92 Å². The third kappa shape index (κ3) is 4.18. The Morgan fingerprint density at radius 2 is 2.00 bits per heavy atom. The van der Waals surface area contributed by atoms with Gasteiger partial charge in [-0.05, 0) is 65.0 Å². The van der Waals surface area contributed by atoms with Gasteiger partial charge in [0.2, 0.25) is 0 Å². The number of carbonyl (C=O) groups excluding carboxylic acids is 1. The first-order valence-electron chi connectivity index (χ1n) is 6.01. The van der Waals surface area contributed by atoms with Crippen LogP contribution in [0.1, 0.15) is 47.0 Å². The number of allylic oxidation sites excluding steroid dienone is 6. The van der Waals surface area contributed by atoms with Gasteiger partial charge in [-0.2, -0.15) is 0 Å². The Morgan fingerprint density at radius 3 is 2.50 bits per heavy atom. The van der Waals surface area contributed by atoms with Crippen molar-refractivity contribution in [2.45, 2.75) is 47.0 Å². The molecule has 0 aromatic carbocycles. The minimum atomic E-state index is 0.128. The molecule has 1 aliphatic carbocycles. The Kier molecular flexibility index (Phi) is 4.72. The molecular formula is C15H22O. The molecule has 0 radical (unpaired) electrons. The second-order valence-electron chi connectivity index (χ2n) is 5.03. The smallest absolute Gasteiger partial charge is 0.178 e. The molecule has 0 aliphatic heterocycles. The molecule has 0 saturated heterocycles. The van der Waals surface area contributed by atoms with Crippen LogP contribution in [0.4, 0.5) is 0 Å². The maximum absolute atomic E-state index is 11.6. The summed E-state index contributed by atoms with van der Waals surface area (Å²) in [6.07, 6.45) is 9.26. The summed E-state index contributed by atoms with van der Waals surface area (Å²) in [7, 11) is 0. The monoisotopic (exact) mass is 218 g/mol. The normalized spacial score (nSPS) is 21.4. The highest BCUT2D eigenvalue weighted by atomic mass is 16.1. The quantitative estimate of drug-likeness (QED) is 0.512. The van der Waals surface area contributed by atoms with Crippen LogP contribution in [0.25, 0.3) is 0 Å². The van der Waals surface area contributed by atoms with Gasteiger partial charge in [0.15, 0.2) is 5.78 Å². The number of hydrogen-bond acceptors (Lipinski definition) is 1. The van der Waals surface area contributed by atoms with Gasteiger partial charge in [-0.15, -0.1) is 0 Å². The van der Waals surface area contributed by atoms with Crippen molar-refractivity contribution in [3.05, 3.63) is 34.9 Å². The summed E-state index contributed by atoms with van der Waals surface area (Å²) < 4.78 is 0. The predicted octanol–water partition coefficient (Wildman–Crippen LogP) is 4.21. The highest BCUT2D eigenvalue weighted by molar-refractivity contribution is 6.00. The zero-order valence-corrected chi connectivity index (χ0v) is 10.8. The fraction of sp³-hybridized carbons (Fsp3) is 0.533. The van der Waals surface area contributed by atoms with E-state index in [-0.39, 0.29) is 5.78 Å². The van der Waals surface area contributed by atoms with Crippen molar-refractivity contribution in [1.82, 2.24) is 0 Å². The lowest BCUT2D eigenvalue weighted by Gasteiger charge is -2.20. The van der Waals surface area contributed by atoms with Crippen molar-refractivity contribution in [1.29, 1.82) is 0 Å². The molecule has 1 atom stereocenters. The average Bonchev–Trinajstić information content (AvgIpc) is 2.16. The fourth-order valence-corrected chi connectivity index (χ4v) is 2.05. The van der Waals surface area contributed by atoms with E-state index in [1.807, 2.05) is 13.8 Å². The predicted molar refractivity (Wildman–Crippen MR) is 69.3 cm³/mol. The fourth-order valence-electron chi connectivity index (χ4n) is 2.05. The molecule has 1 heteroatoms. The van der Waals surface area contributed by atoms with E-state index in [2.05, 4.69) is 19.9 Å². The van der Waals surface area contributed by atoms with Crippen LogP contribution in [0.15, 0.2) is 34.9 Å². The van der Waals surface area contributed by atoms with Gasteiger partial charge in [0.25, 0.3) is 0 Å². The van der Waals surface area contributed by atoms with E-state index < -0.39 is 0 Å². The molecular weight excluding hydrogens is 196 g/mol. The molecule has 0 unspecified atom stereocenters. The molecule has 0 heterocycles. The van der Waals surface area contributed by atoms with Crippen molar-refractivity contribution in [3.63, 3.8) is 0 Å². The minimum absolute atomic E-state index is 0.128. The van der Waals surface area contributed by atoms with Crippen molar-refractivity contribution < 1.29 is 4.79 Å². The van der Waals surface area contributed by atoms with E-state index in [1.165, 1.54) is 24.0 Å². The molecule has 1 rings (SSSR count). The lowest BCUT2D eigenvalue weighted by Crippen LogP contribution is -2.07. The van der Waals surface area contributed by atoms with Crippen molar-refractivity contribution in [2.24, 2.45) is 5.92 Å². The van der Waals surface area contributed by atoms with Crippen LogP contribution in [0.3, 0.4) is 0 Å². The molecule has 0 aromatic heterocycles. The van der Waals surface area contributed by atoms with Crippen molar-refractivity contribution >= 4 is 5.78 Å². The molecule has 0 N–H and O–H groups in total. The molecule has 0 amide bonds. The highest BCUT2D eigenvalue weighted by Gasteiger charge is 2.14. The minimum Gasteiger partial charge on any atom is -0.290 e. The molecule has 1 aliphatic rings. The van der Waals surface area contributed by atoms with Crippen LogP contribution in [0, 0.1) is 5.92 Å². The van der Waals surface area contributed by atoms with Crippen LogP contribution < -0.4 is 0 Å². The second-order valence-corrected chi connectivity index (χ2v) is 5.03. The first kappa shape index (κ1) is 13.0. The van der Waals surface area contributed by atoms with Crippen LogP contribution >= 0.6 is 0 Å². The van der Waals surface area contributed by atoms with E-state index in [4.69, 9.17) is 0 Å². The molecule has 1 nitrogen and oxygen atoms in total. The van der Waals surface area contributed by atoms with Gasteiger partial charge >= 0.3 is 0 Å². The standard InChI is InChI=1S/C15H22O/c1-11(2)9-15(16)10-13(4)14-7-5-12(3)6-8-14/h5,9-10,14H,6-8H2,1-4H3/t14-/m1/s1. The molecule has 0 bridgehead atoms. The highest BCUT2D eigenvalue weighted by Crippen LogP contribution is 2.28. The molecule has 0 spiro atoms. The Hall–Kier alpha value is -1.11. The summed E-state index contributed by atoms with van der Waals surface area (Å²) in [5.74, 6) is 0.696. The SMILES string of the molecule is CC(C)=CC(=O)C=C(C)[C@@H]1CC=C(C)CC1. The van der Waals surface area contributed by atoms with E-state index in [1.54, 1.807) is 12.2 Å². The zero-order valence-electron chi connectivity index (χ0n) is 10.8. The summed E-state index contributed by atoms with van der Waals surface area (Å²) in [6.45, 7) is 8.17. The Bertz CT molecular complexity index is 352. The second kappa shape index (κ2) is 5.83.